The molecule has 0 saturated carbocycles. The summed E-state index contributed by atoms with van der Waals surface area (Å²) in [6, 6.07) is 11.5. The standard InChI is InChI=1S/C18H15BrN2O4S2/c19-13-8-7-11(10-12(13)18(22)23)27(24,25)21-9-3-5-15(21)17-20-14-4-1-2-6-16(14)26-17/h1-2,4,6-8,10,15H,3,5,9H2,(H,22,23)/t15-/m1/s1. The number of aromatic carboxylic acids is 1. The van der Waals surface area contributed by atoms with Crippen molar-refractivity contribution in [2.45, 2.75) is 23.8 Å². The average molecular weight is 467 g/mol. The van der Waals surface area contributed by atoms with Gasteiger partial charge < -0.3 is 5.11 Å². The second-order valence-corrected chi connectivity index (χ2v) is 10.0. The fourth-order valence-electron chi connectivity index (χ4n) is 3.27. The van der Waals surface area contributed by atoms with Crippen LogP contribution in [0.3, 0.4) is 0 Å². The summed E-state index contributed by atoms with van der Waals surface area (Å²) in [6.45, 7) is 0.390. The van der Waals surface area contributed by atoms with E-state index in [1.54, 1.807) is 0 Å². The zero-order chi connectivity index (χ0) is 19.2. The maximum Gasteiger partial charge on any atom is 0.336 e. The van der Waals surface area contributed by atoms with E-state index >= 15 is 0 Å². The second-order valence-electron chi connectivity index (χ2n) is 6.24. The van der Waals surface area contributed by atoms with Gasteiger partial charge in [0.1, 0.15) is 5.01 Å². The van der Waals surface area contributed by atoms with E-state index < -0.39 is 16.0 Å². The summed E-state index contributed by atoms with van der Waals surface area (Å²) in [5, 5.41) is 10.1. The van der Waals surface area contributed by atoms with Crippen LogP contribution in [0.2, 0.25) is 0 Å². The Morgan fingerprint density at radius 1 is 1.26 bits per heavy atom. The van der Waals surface area contributed by atoms with Gasteiger partial charge in [-0.05, 0) is 59.1 Å². The van der Waals surface area contributed by atoms with Gasteiger partial charge >= 0.3 is 5.97 Å². The summed E-state index contributed by atoms with van der Waals surface area (Å²) in [4.78, 5) is 16.0. The van der Waals surface area contributed by atoms with E-state index in [2.05, 4.69) is 20.9 Å². The van der Waals surface area contributed by atoms with Crippen molar-refractivity contribution in [3.8, 4) is 0 Å². The largest absolute Gasteiger partial charge is 0.478 e. The number of sulfonamides is 1. The number of carboxylic acids is 1. The summed E-state index contributed by atoms with van der Waals surface area (Å²) in [5.41, 5.74) is 0.783. The number of halogens is 1. The molecule has 1 aliphatic rings. The Kier molecular flexibility index (Phi) is 4.79. The highest BCUT2D eigenvalue weighted by molar-refractivity contribution is 9.10. The Morgan fingerprint density at radius 2 is 2.04 bits per heavy atom. The van der Waals surface area contributed by atoms with Gasteiger partial charge in [0.25, 0.3) is 0 Å². The molecule has 1 saturated heterocycles. The highest BCUT2D eigenvalue weighted by Gasteiger charge is 2.38. The summed E-state index contributed by atoms with van der Waals surface area (Å²) >= 11 is 4.65. The van der Waals surface area contributed by atoms with Gasteiger partial charge in [0.15, 0.2) is 0 Å². The lowest BCUT2D eigenvalue weighted by molar-refractivity contribution is 0.0695. The smallest absolute Gasteiger partial charge is 0.336 e. The van der Waals surface area contributed by atoms with E-state index in [4.69, 9.17) is 0 Å². The van der Waals surface area contributed by atoms with E-state index in [-0.39, 0.29) is 16.5 Å². The highest BCUT2D eigenvalue weighted by Crippen LogP contribution is 2.40. The molecule has 0 amide bonds. The maximum absolute atomic E-state index is 13.2. The zero-order valence-corrected chi connectivity index (χ0v) is 17.2. The van der Waals surface area contributed by atoms with Crippen molar-refractivity contribution in [2.24, 2.45) is 0 Å². The van der Waals surface area contributed by atoms with Crippen LogP contribution in [0.15, 0.2) is 51.8 Å². The van der Waals surface area contributed by atoms with E-state index in [1.807, 2.05) is 24.3 Å². The molecule has 0 spiro atoms. The van der Waals surface area contributed by atoms with Crippen molar-refractivity contribution in [1.29, 1.82) is 0 Å². The van der Waals surface area contributed by atoms with Crippen LogP contribution in [0.25, 0.3) is 10.2 Å². The minimum atomic E-state index is -3.83. The van der Waals surface area contributed by atoms with Crippen LogP contribution >= 0.6 is 27.3 Å². The van der Waals surface area contributed by atoms with E-state index in [1.165, 1.54) is 33.8 Å². The first-order chi connectivity index (χ1) is 12.9. The minimum absolute atomic E-state index is 0.0175. The van der Waals surface area contributed by atoms with Crippen molar-refractivity contribution in [1.82, 2.24) is 9.29 Å². The summed E-state index contributed by atoms with van der Waals surface area (Å²) < 4.78 is 29.2. The number of thiazole rings is 1. The number of para-hydroxylation sites is 1. The molecule has 4 rings (SSSR count). The molecular weight excluding hydrogens is 452 g/mol. The van der Waals surface area contributed by atoms with Crippen LogP contribution in [0.1, 0.15) is 34.2 Å². The molecular formula is C18H15BrN2O4S2. The molecule has 0 radical (unpaired) electrons. The van der Waals surface area contributed by atoms with Gasteiger partial charge in [-0.1, -0.05) is 12.1 Å². The lowest BCUT2D eigenvalue weighted by Gasteiger charge is -2.22. The Balaban J connectivity index is 1.74. The number of benzene rings is 2. The minimum Gasteiger partial charge on any atom is -0.478 e. The third-order valence-corrected chi connectivity index (χ3v) is 8.31. The first kappa shape index (κ1) is 18.5. The molecule has 1 aromatic heterocycles. The van der Waals surface area contributed by atoms with E-state index in [0.717, 1.165) is 21.6 Å². The lowest BCUT2D eigenvalue weighted by atomic mass is 10.2. The maximum atomic E-state index is 13.2. The van der Waals surface area contributed by atoms with Crippen LogP contribution < -0.4 is 0 Å². The SMILES string of the molecule is O=C(O)c1cc(S(=O)(=O)N2CCC[C@@H]2c2nc3ccccc3s2)ccc1Br. The topological polar surface area (TPSA) is 87.6 Å². The van der Waals surface area contributed by atoms with Crippen LogP contribution in [-0.4, -0.2) is 35.3 Å². The first-order valence-corrected chi connectivity index (χ1v) is 11.3. The number of aromatic nitrogens is 1. The molecule has 1 atom stereocenters. The van der Waals surface area contributed by atoms with E-state index in [0.29, 0.717) is 17.4 Å². The highest BCUT2D eigenvalue weighted by atomic mass is 79.9. The van der Waals surface area contributed by atoms with Crippen LogP contribution in [0.5, 0.6) is 0 Å². The number of rotatable bonds is 4. The molecule has 27 heavy (non-hydrogen) atoms. The molecule has 6 nitrogen and oxygen atoms in total. The molecule has 0 unspecified atom stereocenters. The van der Waals surface area contributed by atoms with Crippen molar-refractivity contribution < 1.29 is 18.3 Å². The number of nitrogens with zero attached hydrogens (tertiary/aromatic N) is 2. The molecule has 0 bridgehead atoms. The number of hydrogen-bond acceptors (Lipinski definition) is 5. The van der Waals surface area contributed by atoms with Gasteiger partial charge in [-0.15, -0.1) is 11.3 Å². The predicted octanol–water partition coefficient (Wildman–Crippen LogP) is 4.28. The molecule has 2 aromatic carbocycles. The fourth-order valence-corrected chi connectivity index (χ4v) is 6.56. The Hall–Kier alpha value is -1.81. The Bertz CT molecular complexity index is 1110. The monoisotopic (exact) mass is 466 g/mol. The average Bonchev–Trinajstić information content (AvgIpc) is 3.28. The third-order valence-electron chi connectivity index (χ3n) is 4.57. The molecule has 2 heterocycles. The van der Waals surface area contributed by atoms with Gasteiger partial charge in [0, 0.05) is 11.0 Å². The quantitative estimate of drug-likeness (QED) is 0.619. The number of hydrogen-bond donors (Lipinski definition) is 1. The molecule has 1 aliphatic heterocycles. The van der Waals surface area contributed by atoms with Crippen LogP contribution in [0, 0.1) is 0 Å². The van der Waals surface area contributed by atoms with Crippen molar-refractivity contribution in [3.05, 3.63) is 57.5 Å². The van der Waals surface area contributed by atoms with E-state index in [9.17, 15) is 18.3 Å². The third kappa shape index (κ3) is 3.29. The van der Waals surface area contributed by atoms with Crippen molar-refractivity contribution in [3.63, 3.8) is 0 Å². The molecule has 1 N–H and O–H groups in total. The van der Waals surface area contributed by atoms with Gasteiger partial charge in [-0.3, -0.25) is 0 Å². The first-order valence-electron chi connectivity index (χ1n) is 8.28. The lowest BCUT2D eigenvalue weighted by Crippen LogP contribution is -2.30. The zero-order valence-electron chi connectivity index (χ0n) is 14.0. The van der Waals surface area contributed by atoms with Gasteiger partial charge in [0.05, 0.1) is 26.7 Å². The summed E-state index contributed by atoms with van der Waals surface area (Å²) in [6.07, 6.45) is 1.43. The van der Waals surface area contributed by atoms with Crippen molar-refractivity contribution in [2.75, 3.05) is 6.54 Å². The predicted molar refractivity (Wildman–Crippen MR) is 107 cm³/mol. The Morgan fingerprint density at radius 3 is 2.78 bits per heavy atom. The Labute approximate surface area is 168 Å². The summed E-state index contributed by atoms with van der Waals surface area (Å²) in [7, 11) is -3.83. The second kappa shape index (κ2) is 6.97. The molecule has 0 aliphatic carbocycles. The number of fused-ring (bicyclic) bond motifs is 1. The van der Waals surface area contributed by atoms with Crippen LogP contribution in [-0.2, 0) is 10.0 Å². The van der Waals surface area contributed by atoms with Crippen molar-refractivity contribution >= 4 is 53.5 Å². The molecule has 140 valence electrons. The number of carboxylic acid groups (broad SMARTS) is 1. The van der Waals surface area contributed by atoms with Gasteiger partial charge in [0.2, 0.25) is 10.0 Å². The fraction of sp³-hybridized carbons (Fsp3) is 0.222. The molecule has 3 aromatic rings. The van der Waals surface area contributed by atoms with Gasteiger partial charge in [-0.2, -0.15) is 4.31 Å². The molecule has 1 fully saturated rings. The number of carbonyl (C=O) groups is 1. The summed E-state index contributed by atoms with van der Waals surface area (Å²) in [5.74, 6) is -1.18. The van der Waals surface area contributed by atoms with Gasteiger partial charge in [-0.25, -0.2) is 18.2 Å². The molecule has 9 heteroatoms. The normalized spacial score (nSPS) is 18.2. The van der Waals surface area contributed by atoms with Crippen LogP contribution in [0.4, 0.5) is 0 Å².